The third kappa shape index (κ3) is 5.25. The lowest BCUT2D eigenvalue weighted by atomic mass is 9.92. The molecule has 9 nitrogen and oxygen atoms in total. The van der Waals surface area contributed by atoms with Crippen molar-refractivity contribution in [2.75, 3.05) is 25.9 Å². The lowest BCUT2D eigenvalue weighted by Gasteiger charge is -2.20. The molecule has 2 unspecified atom stereocenters. The number of nitrogens with zero attached hydrogens (tertiary/aromatic N) is 3. The summed E-state index contributed by atoms with van der Waals surface area (Å²) < 4.78 is 5.34. The largest absolute Gasteiger partial charge is 0.497 e. The van der Waals surface area contributed by atoms with Crippen LogP contribution >= 0.6 is 11.6 Å². The van der Waals surface area contributed by atoms with Gasteiger partial charge in [-0.05, 0) is 42.6 Å². The van der Waals surface area contributed by atoms with Gasteiger partial charge in [0.1, 0.15) is 5.75 Å². The minimum absolute atomic E-state index is 0.0152. The third-order valence-electron chi connectivity index (χ3n) is 4.77. The number of carbonyl (C=O) groups excluding carboxylic acids is 1. The Hall–Kier alpha value is -3.17. The first kappa shape index (κ1) is 21.5. The number of rotatable bonds is 7. The SMILES string of the molecule is COc1cc(Cl)cc(C(N=C/C(=C\N)NC(=O)c2nccnc2N)C2CCNC2)c1. The normalized spacial score (nSPS) is 17.8. The summed E-state index contributed by atoms with van der Waals surface area (Å²) >= 11 is 6.26. The van der Waals surface area contributed by atoms with Crippen molar-refractivity contribution in [1.82, 2.24) is 20.6 Å². The molecule has 1 amide bonds. The number of nitrogens with one attached hydrogen (secondary N) is 2. The van der Waals surface area contributed by atoms with Crippen molar-refractivity contribution in [2.45, 2.75) is 12.5 Å². The van der Waals surface area contributed by atoms with E-state index in [9.17, 15) is 4.79 Å². The fourth-order valence-corrected chi connectivity index (χ4v) is 3.52. The number of benzene rings is 1. The van der Waals surface area contributed by atoms with E-state index in [1.807, 2.05) is 12.1 Å². The van der Waals surface area contributed by atoms with Crippen LogP contribution < -0.4 is 26.8 Å². The molecule has 2 aromatic rings. The van der Waals surface area contributed by atoms with Crippen LogP contribution in [0.5, 0.6) is 5.75 Å². The zero-order chi connectivity index (χ0) is 21.5. The van der Waals surface area contributed by atoms with Gasteiger partial charge < -0.3 is 26.8 Å². The summed E-state index contributed by atoms with van der Waals surface area (Å²) in [5.74, 6) is 0.427. The Kier molecular flexibility index (Phi) is 7.21. The molecule has 0 spiro atoms. The number of nitrogen functional groups attached to an aromatic ring is 1. The summed E-state index contributed by atoms with van der Waals surface area (Å²) in [6.07, 6.45) is 6.55. The van der Waals surface area contributed by atoms with Gasteiger partial charge in [0.15, 0.2) is 11.5 Å². The zero-order valence-electron chi connectivity index (χ0n) is 16.5. The molecule has 1 aromatic carbocycles. The lowest BCUT2D eigenvalue weighted by Crippen LogP contribution is -2.27. The summed E-state index contributed by atoms with van der Waals surface area (Å²) in [6, 6.07) is 5.34. The van der Waals surface area contributed by atoms with Crippen LogP contribution in [-0.2, 0) is 0 Å². The van der Waals surface area contributed by atoms with Crippen LogP contribution in [0.4, 0.5) is 5.82 Å². The molecule has 1 saturated heterocycles. The van der Waals surface area contributed by atoms with Crippen molar-refractivity contribution in [2.24, 2.45) is 16.6 Å². The van der Waals surface area contributed by atoms with Crippen LogP contribution in [0.3, 0.4) is 0 Å². The molecule has 0 saturated carbocycles. The fraction of sp³-hybridized carbons (Fsp3) is 0.300. The molecule has 0 radical (unpaired) electrons. The maximum atomic E-state index is 12.4. The van der Waals surface area contributed by atoms with Crippen LogP contribution in [0.1, 0.15) is 28.5 Å². The van der Waals surface area contributed by atoms with Crippen molar-refractivity contribution in [3.8, 4) is 5.75 Å². The maximum absolute atomic E-state index is 12.4. The number of anilines is 1. The van der Waals surface area contributed by atoms with Crippen molar-refractivity contribution in [3.63, 3.8) is 0 Å². The molecule has 3 rings (SSSR count). The second-order valence-electron chi connectivity index (χ2n) is 6.77. The van der Waals surface area contributed by atoms with Crippen molar-refractivity contribution in [1.29, 1.82) is 0 Å². The number of ether oxygens (including phenoxy) is 1. The summed E-state index contributed by atoms with van der Waals surface area (Å²) in [5, 5.41) is 6.57. The van der Waals surface area contributed by atoms with Gasteiger partial charge in [-0.25, -0.2) is 9.97 Å². The Morgan fingerprint density at radius 2 is 2.20 bits per heavy atom. The van der Waals surface area contributed by atoms with E-state index in [-0.39, 0.29) is 23.5 Å². The van der Waals surface area contributed by atoms with Gasteiger partial charge in [-0.1, -0.05) is 11.6 Å². The molecular formula is C20H24ClN7O2. The third-order valence-corrected chi connectivity index (χ3v) is 4.99. The molecule has 1 aliphatic rings. The van der Waals surface area contributed by atoms with Gasteiger partial charge in [0.25, 0.3) is 5.91 Å². The van der Waals surface area contributed by atoms with E-state index in [0.717, 1.165) is 25.1 Å². The Morgan fingerprint density at radius 1 is 1.40 bits per heavy atom. The topological polar surface area (TPSA) is 141 Å². The number of carbonyl (C=O) groups is 1. The first-order valence-electron chi connectivity index (χ1n) is 9.40. The summed E-state index contributed by atoms with van der Waals surface area (Å²) in [7, 11) is 1.59. The molecule has 10 heteroatoms. The van der Waals surface area contributed by atoms with E-state index in [1.54, 1.807) is 13.2 Å². The minimum atomic E-state index is -0.521. The van der Waals surface area contributed by atoms with Gasteiger partial charge in [-0.15, -0.1) is 0 Å². The van der Waals surface area contributed by atoms with E-state index in [4.69, 9.17) is 32.8 Å². The van der Waals surface area contributed by atoms with Gasteiger partial charge in [0, 0.05) is 36.4 Å². The standard InChI is InChI=1S/C20H24ClN7O2/c1-30-16-7-13(6-14(21)8-16)17(12-2-3-24-10-12)27-11-15(9-22)28-20(29)18-19(23)26-5-4-25-18/h4-9,11-12,17,24H,2-3,10,22H2,1H3,(H2,23,26)(H,28,29)/b15-9+,27-11?. The predicted molar refractivity (Wildman–Crippen MR) is 116 cm³/mol. The van der Waals surface area contributed by atoms with E-state index in [0.29, 0.717) is 16.5 Å². The average Bonchev–Trinajstić information content (AvgIpc) is 3.27. The Bertz CT molecular complexity index is 958. The molecule has 2 heterocycles. The van der Waals surface area contributed by atoms with Gasteiger partial charge in [0.2, 0.25) is 0 Å². The van der Waals surface area contributed by atoms with E-state index in [1.165, 1.54) is 24.8 Å². The highest BCUT2D eigenvalue weighted by molar-refractivity contribution is 6.30. The van der Waals surface area contributed by atoms with Crippen LogP contribution in [-0.4, -0.2) is 42.3 Å². The smallest absolute Gasteiger partial charge is 0.278 e. The number of hydrogen-bond donors (Lipinski definition) is 4. The Morgan fingerprint density at radius 3 is 2.87 bits per heavy atom. The van der Waals surface area contributed by atoms with Crippen LogP contribution in [0.15, 0.2) is 47.5 Å². The number of aromatic nitrogens is 2. The molecule has 1 aliphatic heterocycles. The van der Waals surface area contributed by atoms with E-state index in [2.05, 4.69) is 20.6 Å². The maximum Gasteiger partial charge on any atom is 0.278 e. The fourth-order valence-electron chi connectivity index (χ4n) is 3.29. The molecule has 0 bridgehead atoms. The number of aliphatic imine (C=N–C) groups is 1. The first-order valence-corrected chi connectivity index (χ1v) is 9.77. The molecule has 6 N–H and O–H groups in total. The van der Waals surface area contributed by atoms with E-state index >= 15 is 0 Å². The summed E-state index contributed by atoms with van der Waals surface area (Å²) in [5.41, 5.74) is 12.7. The Labute approximate surface area is 179 Å². The number of hydrogen-bond acceptors (Lipinski definition) is 8. The van der Waals surface area contributed by atoms with Crippen LogP contribution in [0, 0.1) is 5.92 Å². The first-order chi connectivity index (χ1) is 14.5. The number of halogens is 1. The molecule has 158 valence electrons. The number of nitrogens with two attached hydrogens (primary N) is 2. The van der Waals surface area contributed by atoms with Crippen molar-refractivity contribution in [3.05, 3.63) is 58.8 Å². The Balaban J connectivity index is 1.83. The van der Waals surface area contributed by atoms with Gasteiger partial charge in [0.05, 0.1) is 18.8 Å². The molecule has 0 aliphatic carbocycles. The summed E-state index contributed by atoms with van der Waals surface area (Å²) in [4.78, 5) is 25.0. The number of methoxy groups -OCH3 is 1. The highest BCUT2D eigenvalue weighted by Gasteiger charge is 2.26. The van der Waals surface area contributed by atoms with Gasteiger partial charge >= 0.3 is 0 Å². The predicted octanol–water partition coefficient (Wildman–Crippen LogP) is 1.67. The quantitative estimate of drug-likeness (QED) is 0.490. The number of allylic oxidation sites excluding steroid dienone is 1. The second kappa shape index (κ2) is 10.0. The van der Waals surface area contributed by atoms with Crippen LogP contribution in [0.2, 0.25) is 5.02 Å². The molecule has 2 atom stereocenters. The minimum Gasteiger partial charge on any atom is -0.497 e. The second-order valence-corrected chi connectivity index (χ2v) is 7.20. The monoisotopic (exact) mass is 429 g/mol. The molecule has 1 aromatic heterocycles. The van der Waals surface area contributed by atoms with Crippen LogP contribution in [0.25, 0.3) is 0 Å². The highest BCUT2D eigenvalue weighted by Crippen LogP contribution is 2.34. The molecule has 1 fully saturated rings. The van der Waals surface area contributed by atoms with E-state index < -0.39 is 5.91 Å². The summed E-state index contributed by atoms with van der Waals surface area (Å²) in [6.45, 7) is 1.73. The highest BCUT2D eigenvalue weighted by atomic mass is 35.5. The van der Waals surface area contributed by atoms with Crippen molar-refractivity contribution >= 4 is 29.5 Å². The number of amides is 1. The lowest BCUT2D eigenvalue weighted by molar-refractivity contribution is 0.0963. The van der Waals surface area contributed by atoms with Gasteiger partial charge in [-0.3, -0.25) is 9.79 Å². The molecular weight excluding hydrogens is 406 g/mol. The van der Waals surface area contributed by atoms with Crippen molar-refractivity contribution < 1.29 is 9.53 Å². The van der Waals surface area contributed by atoms with Gasteiger partial charge in [-0.2, -0.15) is 0 Å². The average molecular weight is 430 g/mol. The molecule has 30 heavy (non-hydrogen) atoms. The zero-order valence-corrected chi connectivity index (χ0v) is 17.3.